The summed E-state index contributed by atoms with van der Waals surface area (Å²) in [6.45, 7) is 8.40. The van der Waals surface area contributed by atoms with Crippen LogP contribution in [0.2, 0.25) is 0 Å². The van der Waals surface area contributed by atoms with Crippen molar-refractivity contribution in [3.8, 4) is 5.69 Å². The maximum Gasteiger partial charge on any atom is 0.324 e. The summed E-state index contributed by atoms with van der Waals surface area (Å²) in [6.07, 6.45) is 12.4. The van der Waals surface area contributed by atoms with Gasteiger partial charge in [0.15, 0.2) is 0 Å². The molecule has 3 aromatic rings. The quantitative estimate of drug-likeness (QED) is 0.289. The van der Waals surface area contributed by atoms with E-state index in [1.54, 1.807) is 4.68 Å². The fourth-order valence-electron chi connectivity index (χ4n) is 8.13. The van der Waals surface area contributed by atoms with Crippen LogP contribution in [-0.4, -0.2) is 38.7 Å². The summed E-state index contributed by atoms with van der Waals surface area (Å²) < 4.78 is 1.80. The van der Waals surface area contributed by atoms with Crippen LogP contribution in [0.25, 0.3) is 5.69 Å². The molecule has 230 valence electrons. The number of hydrogen-bond acceptors (Lipinski definition) is 3. The number of fused-ring (bicyclic) bond motifs is 4. The van der Waals surface area contributed by atoms with Crippen LogP contribution in [-0.2, 0) is 16.6 Å². The molecular weight excluding hydrogens is 546 g/mol. The molecule has 5 atom stereocenters. The normalized spacial score (nSPS) is 27.1. The number of anilines is 2. The van der Waals surface area contributed by atoms with Gasteiger partial charge in [0.1, 0.15) is 5.82 Å². The van der Waals surface area contributed by atoms with Crippen LogP contribution in [0.3, 0.4) is 0 Å². The second kappa shape index (κ2) is 11.2. The van der Waals surface area contributed by atoms with E-state index in [0.29, 0.717) is 41.6 Å². The van der Waals surface area contributed by atoms with Crippen molar-refractivity contribution in [2.45, 2.75) is 90.1 Å². The fraction of sp³-hybridized carbons (Fsp3) is 0.486. The minimum atomic E-state index is -0.300. The van der Waals surface area contributed by atoms with Crippen molar-refractivity contribution >= 4 is 23.4 Å². The Hall–Kier alpha value is -3.87. The Labute approximate surface area is 261 Å². The first-order chi connectivity index (χ1) is 21.1. The number of benzene rings is 2. The SMILES string of the molecule is Cc1ccc(-n2nc(C(C)(C)C)cc2NC(=O)Nc2ccc(CC3CC4CCC(C3)N4C(=O)C3CC4C=CC3C4)cc2)cc1. The summed E-state index contributed by atoms with van der Waals surface area (Å²) in [5.74, 6) is 3.01. The van der Waals surface area contributed by atoms with E-state index in [0.717, 1.165) is 55.6 Å². The highest BCUT2D eigenvalue weighted by molar-refractivity contribution is 5.99. The van der Waals surface area contributed by atoms with Crippen LogP contribution in [0.15, 0.2) is 66.7 Å². The predicted molar refractivity (Wildman–Crippen MR) is 175 cm³/mol. The largest absolute Gasteiger partial charge is 0.336 e. The Morgan fingerprint density at radius 1 is 0.886 bits per heavy atom. The lowest BCUT2D eigenvalue weighted by Crippen LogP contribution is -2.49. The lowest BCUT2D eigenvalue weighted by atomic mass is 9.84. The number of hydrogen-bond donors (Lipinski definition) is 2. The number of carbonyl (C=O) groups excluding carboxylic acids is 2. The molecule has 3 fully saturated rings. The van der Waals surface area contributed by atoms with Crippen LogP contribution in [0.5, 0.6) is 0 Å². The molecule has 1 saturated carbocycles. The van der Waals surface area contributed by atoms with Gasteiger partial charge < -0.3 is 10.2 Å². The van der Waals surface area contributed by atoms with Crippen LogP contribution < -0.4 is 10.6 Å². The van der Waals surface area contributed by atoms with E-state index in [9.17, 15) is 9.59 Å². The molecule has 3 heterocycles. The fourth-order valence-corrected chi connectivity index (χ4v) is 8.13. The van der Waals surface area contributed by atoms with E-state index in [-0.39, 0.29) is 17.4 Å². The van der Waals surface area contributed by atoms with Gasteiger partial charge in [0.25, 0.3) is 0 Å². The third-order valence-electron chi connectivity index (χ3n) is 10.4. The number of allylic oxidation sites excluding steroid dienone is 2. The molecule has 5 unspecified atom stereocenters. The molecule has 7 rings (SSSR count). The number of nitrogens with one attached hydrogen (secondary N) is 2. The molecule has 1 aromatic heterocycles. The second-order valence-corrected chi connectivity index (χ2v) is 14.7. The third kappa shape index (κ3) is 5.69. The molecule has 2 aliphatic carbocycles. The van der Waals surface area contributed by atoms with E-state index in [2.05, 4.69) is 67.5 Å². The molecule has 44 heavy (non-hydrogen) atoms. The van der Waals surface area contributed by atoms with Gasteiger partial charge >= 0.3 is 6.03 Å². The Morgan fingerprint density at radius 2 is 1.59 bits per heavy atom. The summed E-state index contributed by atoms with van der Waals surface area (Å²) in [5, 5.41) is 10.8. The van der Waals surface area contributed by atoms with Crippen LogP contribution in [0, 0.1) is 30.6 Å². The lowest BCUT2D eigenvalue weighted by Gasteiger charge is -2.41. The van der Waals surface area contributed by atoms with Crippen LogP contribution >= 0.6 is 0 Å². The van der Waals surface area contributed by atoms with Gasteiger partial charge in [-0.15, -0.1) is 0 Å². The van der Waals surface area contributed by atoms with Gasteiger partial charge in [-0.05, 0) is 99.5 Å². The number of piperidine rings is 1. The maximum absolute atomic E-state index is 13.6. The molecule has 2 aliphatic heterocycles. The molecule has 4 bridgehead atoms. The van der Waals surface area contributed by atoms with E-state index >= 15 is 0 Å². The highest BCUT2D eigenvalue weighted by atomic mass is 16.2. The van der Waals surface area contributed by atoms with Crippen molar-refractivity contribution in [2.75, 3.05) is 10.6 Å². The topological polar surface area (TPSA) is 79.3 Å². The zero-order valence-electron chi connectivity index (χ0n) is 26.4. The van der Waals surface area contributed by atoms with Gasteiger partial charge in [-0.3, -0.25) is 10.1 Å². The number of amides is 3. The van der Waals surface area contributed by atoms with Crippen molar-refractivity contribution in [3.05, 3.63) is 83.6 Å². The first-order valence-electron chi connectivity index (χ1n) is 16.5. The molecule has 7 heteroatoms. The molecule has 2 aromatic carbocycles. The summed E-state index contributed by atoms with van der Waals surface area (Å²) in [5.41, 5.74) is 4.86. The minimum absolute atomic E-state index is 0.155. The molecule has 0 radical (unpaired) electrons. The number of carbonyl (C=O) groups is 2. The Balaban J connectivity index is 0.961. The van der Waals surface area contributed by atoms with Crippen LogP contribution in [0.4, 0.5) is 16.3 Å². The van der Waals surface area contributed by atoms with Gasteiger partial charge in [-0.2, -0.15) is 5.10 Å². The molecular formula is C37H45N5O2. The second-order valence-electron chi connectivity index (χ2n) is 14.7. The first-order valence-corrected chi connectivity index (χ1v) is 16.5. The molecule has 4 aliphatic rings. The number of urea groups is 1. The van der Waals surface area contributed by atoms with Crippen molar-refractivity contribution in [1.82, 2.24) is 14.7 Å². The van der Waals surface area contributed by atoms with Gasteiger partial charge in [-0.25, -0.2) is 9.48 Å². The predicted octanol–water partition coefficient (Wildman–Crippen LogP) is 7.65. The van der Waals surface area contributed by atoms with Gasteiger partial charge in [-0.1, -0.05) is 62.8 Å². The molecule has 2 N–H and O–H groups in total. The maximum atomic E-state index is 13.6. The van der Waals surface area contributed by atoms with E-state index in [4.69, 9.17) is 5.10 Å². The average Bonchev–Trinajstić information content (AvgIpc) is 3.77. The molecule has 3 amide bonds. The number of nitrogens with zero attached hydrogens (tertiary/aromatic N) is 3. The average molecular weight is 592 g/mol. The zero-order valence-corrected chi connectivity index (χ0v) is 26.4. The number of rotatable bonds is 6. The monoisotopic (exact) mass is 591 g/mol. The highest BCUT2D eigenvalue weighted by Gasteiger charge is 2.48. The summed E-state index contributed by atoms with van der Waals surface area (Å²) in [6, 6.07) is 18.8. The zero-order chi connectivity index (χ0) is 30.6. The summed E-state index contributed by atoms with van der Waals surface area (Å²) in [7, 11) is 0. The third-order valence-corrected chi connectivity index (χ3v) is 10.4. The van der Waals surface area contributed by atoms with Gasteiger partial charge in [0.2, 0.25) is 5.91 Å². The number of aromatic nitrogens is 2. The smallest absolute Gasteiger partial charge is 0.324 e. The minimum Gasteiger partial charge on any atom is -0.336 e. The van der Waals surface area contributed by atoms with E-state index in [1.165, 1.54) is 17.5 Å². The van der Waals surface area contributed by atoms with Crippen molar-refractivity contribution in [3.63, 3.8) is 0 Å². The van der Waals surface area contributed by atoms with Gasteiger partial charge in [0, 0.05) is 35.2 Å². The van der Waals surface area contributed by atoms with Crippen molar-refractivity contribution < 1.29 is 9.59 Å². The molecule has 0 spiro atoms. The molecule has 2 saturated heterocycles. The Kier molecular flexibility index (Phi) is 7.38. The summed E-state index contributed by atoms with van der Waals surface area (Å²) in [4.78, 5) is 29.0. The first kappa shape index (κ1) is 28.9. The highest BCUT2D eigenvalue weighted by Crippen LogP contribution is 2.47. The number of aryl methyl sites for hydroxylation is 1. The summed E-state index contributed by atoms with van der Waals surface area (Å²) >= 11 is 0. The standard InChI is InChI=1S/C37H45N5O2/c1-23-5-13-29(14-6-23)42-34(22-33(40-42)37(2,3)4)39-36(44)38-28-11-8-24(9-12-28)17-26-19-30-15-16-31(20-26)41(30)35(43)32-21-25-7-10-27(32)18-25/h5-14,22,25-27,30-32H,15-21H2,1-4H3,(H2,38,39,44). The molecule has 7 nitrogen and oxygen atoms in total. The Bertz CT molecular complexity index is 1550. The van der Waals surface area contributed by atoms with Crippen molar-refractivity contribution in [2.24, 2.45) is 23.7 Å². The van der Waals surface area contributed by atoms with Crippen molar-refractivity contribution in [1.29, 1.82) is 0 Å². The Morgan fingerprint density at radius 3 is 2.20 bits per heavy atom. The van der Waals surface area contributed by atoms with Gasteiger partial charge in [0.05, 0.1) is 11.4 Å². The van der Waals surface area contributed by atoms with E-state index < -0.39 is 0 Å². The lowest BCUT2D eigenvalue weighted by molar-refractivity contribution is -0.141. The van der Waals surface area contributed by atoms with Crippen LogP contribution in [0.1, 0.15) is 76.1 Å². The van der Waals surface area contributed by atoms with E-state index in [1.807, 2.05) is 42.5 Å².